The lowest BCUT2D eigenvalue weighted by atomic mass is 10.1. The molecule has 1 fully saturated rings. The second-order valence-corrected chi connectivity index (χ2v) is 4.99. The molecule has 6 heteroatoms. The Morgan fingerprint density at radius 2 is 2.42 bits per heavy atom. The summed E-state index contributed by atoms with van der Waals surface area (Å²) in [5.74, 6) is 1.33. The van der Waals surface area contributed by atoms with Crippen LogP contribution in [0.1, 0.15) is 44.3 Å². The number of urea groups is 1. The van der Waals surface area contributed by atoms with E-state index in [1.165, 1.54) is 0 Å². The highest BCUT2D eigenvalue weighted by Crippen LogP contribution is 2.21. The number of likely N-dealkylation sites (tertiary alicyclic amines) is 1. The summed E-state index contributed by atoms with van der Waals surface area (Å²) in [6.45, 7) is 5.44. The van der Waals surface area contributed by atoms with E-state index < -0.39 is 0 Å². The van der Waals surface area contributed by atoms with Gasteiger partial charge in [-0.25, -0.2) is 4.79 Å². The number of carbonyl (C=O) groups excluding carboxylic acids is 1. The molecule has 0 aromatic carbocycles. The summed E-state index contributed by atoms with van der Waals surface area (Å²) in [5, 5.41) is 6.83. The zero-order chi connectivity index (χ0) is 13.7. The summed E-state index contributed by atoms with van der Waals surface area (Å²) in [4.78, 5) is 18.1. The maximum absolute atomic E-state index is 12.0. The zero-order valence-electron chi connectivity index (χ0n) is 11.7. The van der Waals surface area contributed by atoms with Gasteiger partial charge in [-0.05, 0) is 25.7 Å². The third-order valence-electron chi connectivity index (χ3n) is 3.44. The van der Waals surface area contributed by atoms with E-state index in [0.717, 1.165) is 51.0 Å². The van der Waals surface area contributed by atoms with Gasteiger partial charge in [0.05, 0.1) is 0 Å². The Morgan fingerprint density at radius 3 is 3.11 bits per heavy atom. The topological polar surface area (TPSA) is 71.3 Å². The molecule has 6 nitrogen and oxygen atoms in total. The summed E-state index contributed by atoms with van der Waals surface area (Å²) in [6, 6.07) is 0.365. The Labute approximate surface area is 113 Å². The van der Waals surface area contributed by atoms with Crippen molar-refractivity contribution in [2.45, 2.75) is 52.0 Å². The zero-order valence-corrected chi connectivity index (χ0v) is 11.7. The van der Waals surface area contributed by atoms with Gasteiger partial charge in [-0.15, -0.1) is 0 Å². The molecule has 0 aliphatic carbocycles. The van der Waals surface area contributed by atoms with Crippen LogP contribution in [-0.2, 0) is 6.42 Å². The number of carbonyl (C=O) groups is 1. The molecule has 0 radical (unpaired) electrons. The molecule has 19 heavy (non-hydrogen) atoms. The maximum Gasteiger partial charge on any atom is 0.317 e. The van der Waals surface area contributed by atoms with Gasteiger partial charge in [0.2, 0.25) is 5.89 Å². The van der Waals surface area contributed by atoms with Crippen LogP contribution in [0, 0.1) is 6.92 Å². The van der Waals surface area contributed by atoms with Crippen molar-refractivity contribution in [2.24, 2.45) is 0 Å². The van der Waals surface area contributed by atoms with Gasteiger partial charge >= 0.3 is 6.03 Å². The van der Waals surface area contributed by atoms with E-state index in [-0.39, 0.29) is 6.03 Å². The van der Waals surface area contributed by atoms with E-state index in [1.807, 2.05) is 4.90 Å². The molecule has 2 amide bonds. The Morgan fingerprint density at radius 1 is 1.58 bits per heavy atom. The second-order valence-electron chi connectivity index (χ2n) is 4.99. The fourth-order valence-corrected chi connectivity index (χ4v) is 2.48. The summed E-state index contributed by atoms with van der Waals surface area (Å²) in [6.07, 6.45) is 4.77. The lowest BCUT2D eigenvalue weighted by Crippen LogP contribution is -2.43. The van der Waals surface area contributed by atoms with Crippen molar-refractivity contribution >= 4 is 6.03 Å². The van der Waals surface area contributed by atoms with Crippen LogP contribution in [0.15, 0.2) is 4.52 Å². The molecular weight excluding hydrogens is 244 g/mol. The van der Waals surface area contributed by atoms with Gasteiger partial charge in [-0.2, -0.15) is 4.98 Å². The number of hydrogen-bond donors (Lipinski definition) is 1. The smallest absolute Gasteiger partial charge is 0.317 e. The Bertz CT molecular complexity index is 419. The first kappa shape index (κ1) is 13.8. The van der Waals surface area contributed by atoms with E-state index in [2.05, 4.69) is 22.4 Å². The van der Waals surface area contributed by atoms with Crippen LogP contribution in [0.3, 0.4) is 0 Å². The highest BCUT2D eigenvalue weighted by molar-refractivity contribution is 5.74. The van der Waals surface area contributed by atoms with Gasteiger partial charge < -0.3 is 14.7 Å². The summed E-state index contributed by atoms with van der Waals surface area (Å²) >= 11 is 0. The minimum Gasteiger partial charge on any atom is -0.340 e. The highest BCUT2D eigenvalue weighted by Gasteiger charge is 2.28. The maximum atomic E-state index is 12.0. The molecule has 2 heterocycles. The minimum absolute atomic E-state index is 0.0636. The molecule has 1 aliphatic heterocycles. The Kier molecular flexibility index (Phi) is 4.76. The van der Waals surface area contributed by atoms with Gasteiger partial charge in [0, 0.05) is 32.5 Å². The van der Waals surface area contributed by atoms with Crippen molar-refractivity contribution < 1.29 is 9.32 Å². The summed E-state index contributed by atoms with van der Waals surface area (Å²) in [7, 11) is 0. The van der Waals surface area contributed by atoms with Crippen molar-refractivity contribution in [1.29, 1.82) is 0 Å². The van der Waals surface area contributed by atoms with Crippen molar-refractivity contribution in [3.8, 4) is 0 Å². The number of rotatable bonds is 5. The van der Waals surface area contributed by atoms with Crippen LogP contribution >= 0.6 is 0 Å². The third kappa shape index (κ3) is 3.68. The van der Waals surface area contributed by atoms with Crippen LogP contribution in [0.2, 0.25) is 0 Å². The third-order valence-corrected chi connectivity index (χ3v) is 3.44. The normalized spacial score (nSPS) is 18.8. The second kappa shape index (κ2) is 6.54. The van der Waals surface area contributed by atoms with Crippen LogP contribution in [-0.4, -0.2) is 40.2 Å². The standard InChI is InChI=1S/C13H22N4O2/c1-3-8-14-13(18)17-9-4-5-11(17)6-7-12-15-10(2)19-16-12/h11H,3-9H2,1-2H3,(H,14,18). The van der Waals surface area contributed by atoms with Crippen LogP contribution in [0.25, 0.3) is 0 Å². The van der Waals surface area contributed by atoms with E-state index in [0.29, 0.717) is 11.9 Å². The van der Waals surface area contributed by atoms with Gasteiger partial charge in [-0.3, -0.25) is 0 Å². The monoisotopic (exact) mass is 266 g/mol. The number of amides is 2. The van der Waals surface area contributed by atoms with Crippen molar-refractivity contribution in [3.05, 3.63) is 11.7 Å². The largest absolute Gasteiger partial charge is 0.340 e. The number of nitrogens with zero attached hydrogens (tertiary/aromatic N) is 3. The predicted molar refractivity (Wildman–Crippen MR) is 70.8 cm³/mol. The highest BCUT2D eigenvalue weighted by atomic mass is 16.5. The Balaban J connectivity index is 1.83. The average Bonchev–Trinajstić information content (AvgIpc) is 3.02. The van der Waals surface area contributed by atoms with Crippen molar-refractivity contribution in [3.63, 3.8) is 0 Å². The van der Waals surface area contributed by atoms with Gasteiger partial charge in [0.15, 0.2) is 5.82 Å². The number of aromatic nitrogens is 2. The molecule has 106 valence electrons. The molecule has 1 aliphatic rings. The average molecular weight is 266 g/mol. The lowest BCUT2D eigenvalue weighted by Gasteiger charge is -2.24. The first-order chi connectivity index (χ1) is 9.20. The fourth-order valence-electron chi connectivity index (χ4n) is 2.48. The summed E-state index contributed by atoms with van der Waals surface area (Å²) in [5.41, 5.74) is 0. The SMILES string of the molecule is CCCNC(=O)N1CCCC1CCc1noc(C)n1. The molecule has 1 aromatic rings. The minimum atomic E-state index is 0.0636. The van der Waals surface area contributed by atoms with Gasteiger partial charge in [0.25, 0.3) is 0 Å². The van der Waals surface area contributed by atoms with Crippen LogP contribution < -0.4 is 5.32 Å². The number of nitrogens with one attached hydrogen (secondary N) is 1. The van der Waals surface area contributed by atoms with Gasteiger partial charge in [0.1, 0.15) is 0 Å². The molecule has 1 saturated heterocycles. The quantitative estimate of drug-likeness (QED) is 0.883. The molecule has 1 N–H and O–H groups in total. The van der Waals surface area contributed by atoms with Gasteiger partial charge in [-0.1, -0.05) is 12.1 Å². The molecule has 0 spiro atoms. The lowest BCUT2D eigenvalue weighted by molar-refractivity contribution is 0.190. The van der Waals surface area contributed by atoms with Crippen molar-refractivity contribution in [1.82, 2.24) is 20.4 Å². The molecule has 1 aromatic heterocycles. The molecule has 1 atom stereocenters. The Hall–Kier alpha value is -1.59. The fraction of sp³-hybridized carbons (Fsp3) is 0.769. The van der Waals surface area contributed by atoms with E-state index in [1.54, 1.807) is 6.92 Å². The molecule has 0 saturated carbocycles. The van der Waals surface area contributed by atoms with Crippen LogP contribution in [0.4, 0.5) is 4.79 Å². The molecular formula is C13H22N4O2. The van der Waals surface area contributed by atoms with Crippen molar-refractivity contribution in [2.75, 3.05) is 13.1 Å². The first-order valence-electron chi connectivity index (χ1n) is 7.04. The molecule has 0 bridgehead atoms. The van der Waals surface area contributed by atoms with E-state index in [9.17, 15) is 4.79 Å². The predicted octanol–water partition coefficient (Wildman–Crippen LogP) is 1.89. The first-order valence-corrected chi connectivity index (χ1v) is 7.04. The number of hydrogen-bond acceptors (Lipinski definition) is 4. The van der Waals surface area contributed by atoms with E-state index in [4.69, 9.17) is 4.52 Å². The van der Waals surface area contributed by atoms with Crippen LogP contribution in [0.5, 0.6) is 0 Å². The summed E-state index contributed by atoms with van der Waals surface area (Å²) < 4.78 is 4.95. The van der Waals surface area contributed by atoms with E-state index >= 15 is 0 Å². The number of aryl methyl sites for hydroxylation is 2. The molecule has 2 rings (SSSR count). The molecule has 1 unspecified atom stereocenters.